The van der Waals surface area contributed by atoms with Crippen LogP contribution < -0.4 is 5.56 Å². The Bertz CT molecular complexity index is 631. The Morgan fingerprint density at radius 1 is 1.31 bits per heavy atom. The Morgan fingerprint density at radius 3 is 2.75 bits per heavy atom. The van der Waals surface area contributed by atoms with Crippen LogP contribution in [-0.4, -0.2) is 4.57 Å². The van der Waals surface area contributed by atoms with Crippen molar-refractivity contribution in [1.29, 1.82) is 0 Å². The number of nitrogens with zero attached hydrogens (tertiary/aromatic N) is 1. The number of hydrogen-bond acceptors (Lipinski definition) is 1. The third-order valence-corrected chi connectivity index (χ3v) is 3.39. The van der Waals surface area contributed by atoms with Crippen LogP contribution in [0.5, 0.6) is 0 Å². The summed E-state index contributed by atoms with van der Waals surface area (Å²) >= 11 is 3.30. The highest BCUT2D eigenvalue weighted by molar-refractivity contribution is 9.10. The maximum atomic E-state index is 13.8. The van der Waals surface area contributed by atoms with Crippen LogP contribution in [0.2, 0.25) is 0 Å². The number of hydrogen-bond donors (Lipinski definition) is 0. The molecule has 0 bridgehead atoms. The first-order valence-corrected chi connectivity index (χ1v) is 5.96. The first kappa shape index (κ1) is 10.0. The van der Waals surface area contributed by atoms with Gasteiger partial charge in [0.2, 0.25) is 0 Å². The fraction of sp³-hybridized carbons (Fsp3) is 0.250. The van der Waals surface area contributed by atoms with Crippen molar-refractivity contribution in [3.05, 3.63) is 45.0 Å². The largest absolute Gasteiger partial charge is 0.309 e. The quantitative estimate of drug-likeness (QED) is 0.787. The van der Waals surface area contributed by atoms with Gasteiger partial charge in [0.25, 0.3) is 5.56 Å². The van der Waals surface area contributed by atoms with E-state index in [-0.39, 0.29) is 17.4 Å². The van der Waals surface area contributed by atoms with E-state index in [1.807, 2.05) is 0 Å². The van der Waals surface area contributed by atoms with Gasteiger partial charge in [-0.2, -0.15) is 0 Å². The maximum Gasteiger partial charge on any atom is 0.258 e. The molecular formula is C12H9BrFNO. The number of rotatable bonds is 1. The number of halogens is 2. The molecule has 1 aromatic heterocycles. The van der Waals surface area contributed by atoms with E-state index in [1.54, 1.807) is 18.2 Å². The van der Waals surface area contributed by atoms with Crippen LogP contribution in [0.1, 0.15) is 18.9 Å². The molecule has 1 fully saturated rings. The van der Waals surface area contributed by atoms with Gasteiger partial charge in [-0.15, -0.1) is 0 Å². The van der Waals surface area contributed by atoms with Gasteiger partial charge in [0.15, 0.2) is 0 Å². The lowest BCUT2D eigenvalue weighted by Gasteiger charge is -2.06. The molecule has 0 N–H and O–H groups in total. The Balaban J connectivity index is 2.41. The lowest BCUT2D eigenvalue weighted by atomic mass is 10.1. The van der Waals surface area contributed by atoms with E-state index in [1.165, 1.54) is 10.8 Å². The van der Waals surface area contributed by atoms with Crippen LogP contribution in [0, 0.1) is 5.82 Å². The van der Waals surface area contributed by atoms with Gasteiger partial charge in [0.05, 0.1) is 5.39 Å². The zero-order valence-corrected chi connectivity index (χ0v) is 10.00. The topological polar surface area (TPSA) is 22.0 Å². The van der Waals surface area contributed by atoms with Crippen molar-refractivity contribution in [2.75, 3.05) is 0 Å². The Hall–Kier alpha value is -1.16. The van der Waals surface area contributed by atoms with Crippen molar-refractivity contribution in [2.45, 2.75) is 18.9 Å². The van der Waals surface area contributed by atoms with Crippen LogP contribution >= 0.6 is 15.9 Å². The summed E-state index contributed by atoms with van der Waals surface area (Å²) in [7, 11) is 0. The SMILES string of the molecule is O=c1c2cc(Br)ccc2c(F)cn1C1CC1. The second-order valence-electron chi connectivity index (χ2n) is 4.11. The Morgan fingerprint density at radius 2 is 2.06 bits per heavy atom. The van der Waals surface area contributed by atoms with E-state index in [9.17, 15) is 9.18 Å². The zero-order valence-electron chi connectivity index (χ0n) is 8.41. The van der Waals surface area contributed by atoms with Crippen molar-refractivity contribution in [2.24, 2.45) is 0 Å². The fourth-order valence-electron chi connectivity index (χ4n) is 1.91. The Kier molecular flexibility index (Phi) is 2.14. The van der Waals surface area contributed by atoms with Crippen LogP contribution in [0.15, 0.2) is 33.7 Å². The van der Waals surface area contributed by atoms with Crippen molar-refractivity contribution >= 4 is 26.7 Å². The molecule has 2 nitrogen and oxygen atoms in total. The molecule has 0 atom stereocenters. The lowest BCUT2D eigenvalue weighted by molar-refractivity contribution is 0.600. The van der Waals surface area contributed by atoms with Gasteiger partial charge in [0.1, 0.15) is 5.82 Å². The van der Waals surface area contributed by atoms with Crippen LogP contribution in [0.4, 0.5) is 4.39 Å². The molecule has 1 aliphatic rings. The minimum atomic E-state index is -0.325. The molecule has 1 saturated carbocycles. The summed E-state index contributed by atoms with van der Waals surface area (Å²) in [5, 5.41) is 0.839. The van der Waals surface area contributed by atoms with Gasteiger partial charge in [0, 0.05) is 22.1 Å². The molecule has 4 heteroatoms. The van der Waals surface area contributed by atoms with Gasteiger partial charge in [-0.25, -0.2) is 4.39 Å². The van der Waals surface area contributed by atoms with Gasteiger partial charge in [-0.3, -0.25) is 4.79 Å². The van der Waals surface area contributed by atoms with Gasteiger partial charge >= 0.3 is 0 Å². The summed E-state index contributed by atoms with van der Waals surface area (Å²) in [4.78, 5) is 12.1. The normalized spacial score (nSPS) is 15.6. The number of benzene rings is 1. The molecule has 1 aromatic carbocycles. The van der Waals surface area contributed by atoms with E-state index in [2.05, 4.69) is 15.9 Å². The second-order valence-corrected chi connectivity index (χ2v) is 5.03. The second kappa shape index (κ2) is 3.42. The van der Waals surface area contributed by atoms with Crippen molar-refractivity contribution < 1.29 is 4.39 Å². The molecule has 2 aromatic rings. The van der Waals surface area contributed by atoms with Crippen LogP contribution in [0.3, 0.4) is 0 Å². The van der Waals surface area contributed by atoms with Crippen molar-refractivity contribution in [3.8, 4) is 0 Å². The third-order valence-electron chi connectivity index (χ3n) is 2.90. The molecule has 82 valence electrons. The minimum Gasteiger partial charge on any atom is -0.309 e. The monoisotopic (exact) mass is 281 g/mol. The van der Waals surface area contributed by atoms with E-state index >= 15 is 0 Å². The summed E-state index contributed by atoms with van der Waals surface area (Å²) in [6.45, 7) is 0. The van der Waals surface area contributed by atoms with E-state index in [0.717, 1.165) is 17.3 Å². The highest BCUT2D eigenvalue weighted by Crippen LogP contribution is 2.34. The average Bonchev–Trinajstić information content (AvgIpc) is 3.07. The molecule has 0 amide bonds. The van der Waals surface area contributed by atoms with Gasteiger partial charge in [-0.1, -0.05) is 22.0 Å². The average molecular weight is 282 g/mol. The molecule has 0 saturated heterocycles. The minimum absolute atomic E-state index is 0.0970. The predicted octanol–water partition coefficient (Wildman–Crippen LogP) is 3.24. The highest BCUT2D eigenvalue weighted by atomic mass is 79.9. The molecule has 0 unspecified atom stereocenters. The molecule has 0 aliphatic heterocycles. The van der Waals surface area contributed by atoms with E-state index < -0.39 is 0 Å². The molecular weight excluding hydrogens is 273 g/mol. The first-order chi connectivity index (χ1) is 7.66. The summed E-state index contributed by atoms with van der Waals surface area (Å²) in [6, 6.07) is 5.25. The smallest absolute Gasteiger partial charge is 0.258 e. The van der Waals surface area contributed by atoms with E-state index in [0.29, 0.717) is 10.8 Å². The lowest BCUT2D eigenvalue weighted by Crippen LogP contribution is -2.19. The van der Waals surface area contributed by atoms with Crippen molar-refractivity contribution in [1.82, 2.24) is 4.57 Å². The van der Waals surface area contributed by atoms with Gasteiger partial charge < -0.3 is 4.57 Å². The Labute approximate surface area is 99.8 Å². The summed E-state index contributed by atoms with van der Waals surface area (Å²) in [6.07, 6.45) is 3.27. The summed E-state index contributed by atoms with van der Waals surface area (Å²) < 4.78 is 16.1. The molecule has 1 aliphatic carbocycles. The first-order valence-electron chi connectivity index (χ1n) is 5.17. The van der Waals surface area contributed by atoms with Crippen LogP contribution in [-0.2, 0) is 0 Å². The van der Waals surface area contributed by atoms with Crippen LogP contribution in [0.25, 0.3) is 10.8 Å². The van der Waals surface area contributed by atoms with E-state index in [4.69, 9.17) is 0 Å². The number of aromatic nitrogens is 1. The summed E-state index contributed by atoms with van der Waals surface area (Å²) in [5.74, 6) is -0.325. The predicted molar refractivity (Wildman–Crippen MR) is 64.1 cm³/mol. The number of pyridine rings is 1. The van der Waals surface area contributed by atoms with Gasteiger partial charge in [-0.05, 0) is 25.0 Å². The molecule has 1 heterocycles. The third kappa shape index (κ3) is 1.48. The zero-order chi connectivity index (χ0) is 11.3. The highest BCUT2D eigenvalue weighted by Gasteiger charge is 2.25. The fourth-order valence-corrected chi connectivity index (χ4v) is 2.28. The molecule has 0 spiro atoms. The number of fused-ring (bicyclic) bond motifs is 1. The summed E-state index contributed by atoms with van der Waals surface area (Å²) in [5.41, 5.74) is -0.0970. The molecule has 16 heavy (non-hydrogen) atoms. The standard InChI is InChI=1S/C12H9BrFNO/c13-7-1-4-9-10(5-7)12(16)15(6-11(9)14)8-2-3-8/h1,4-6,8H,2-3H2. The molecule has 0 radical (unpaired) electrons. The van der Waals surface area contributed by atoms with Crippen molar-refractivity contribution in [3.63, 3.8) is 0 Å². The maximum absolute atomic E-state index is 13.8. The molecule has 3 rings (SSSR count).